The molecule has 2 aliphatic heterocycles. The Hall–Kier alpha value is -2.04. The van der Waals surface area contributed by atoms with Gasteiger partial charge in [0.15, 0.2) is 5.75 Å². The molecule has 2 aromatic rings. The fourth-order valence-electron chi connectivity index (χ4n) is 2.42. The standard InChI is InChI=1S/C18H18ClN3O/c1-21-8-10-22(11-9-21)18-14-12-13(19)6-7-16(14)23-17-5-3-2-4-15(17)20-18/h2-7,12H,8-11H2,1H3/i2D,3D,4D,5D,6D,7D,10D,12D. The number of benzene rings is 2. The zero-order valence-corrected chi connectivity index (χ0v) is 13.1. The molecule has 0 bridgehead atoms. The second-order valence-corrected chi connectivity index (χ2v) is 5.62. The molecule has 118 valence electrons. The Labute approximate surface area is 152 Å². The second-order valence-electron chi connectivity index (χ2n) is 5.25. The molecule has 0 aromatic heterocycles. The Morgan fingerprint density at radius 1 is 1.17 bits per heavy atom. The summed E-state index contributed by atoms with van der Waals surface area (Å²) in [6.45, 7) is 0.539. The predicted molar refractivity (Wildman–Crippen MR) is 93.2 cm³/mol. The van der Waals surface area contributed by atoms with E-state index in [1.54, 1.807) is 4.90 Å². The molecule has 1 atom stereocenters. The summed E-state index contributed by atoms with van der Waals surface area (Å²) in [5, 5.41) is -0.277. The Balaban J connectivity index is 2.09. The Morgan fingerprint density at radius 2 is 2.04 bits per heavy atom. The van der Waals surface area contributed by atoms with Crippen molar-refractivity contribution in [2.24, 2.45) is 4.99 Å². The van der Waals surface area contributed by atoms with Gasteiger partial charge >= 0.3 is 0 Å². The number of amidine groups is 1. The summed E-state index contributed by atoms with van der Waals surface area (Å²) < 4.78 is 71.6. The van der Waals surface area contributed by atoms with Crippen molar-refractivity contribution >= 4 is 23.1 Å². The lowest BCUT2D eigenvalue weighted by atomic mass is 10.1. The number of halogens is 1. The molecule has 0 spiro atoms. The zero-order valence-electron chi connectivity index (χ0n) is 20.3. The van der Waals surface area contributed by atoms with E-state index in [1.807, 2.05) is 11.9 Å². The molecule has 5 heteroatoms. The van der Waals surface area contributed by atoms with Crippen molar-refractivity contribution in [3.05, 3.63) is 52.9 Å². The molecule has 0 radical (unpaired) electrons. The van der Waals surface area contributed by atoms with Crippen LogP contribution in [0.5, 0.6) is 11.5 Å². The van der Waals surface area contributed by atoms with E-state index in [9.17, 15) is 0 Å². The van der Waals surface area contributed by atoms with Gasteiger partial charge in [-0.1, -0.05) is 23.7 Å². The van der Waals surface area contributed by atoms with Crippen molar-refractivity contribution in [3.63, 3.8) is 0 Å². The molecule has 0 N–H and O–H groups in total. The lowest BCUT2D eigenvalue weighted by Gasteiger charge is -2.34. The van der Waals surface area contributed by atoms with Crippen molar-refractivity contribution in [2.45, 2.75) is 0 Å². The minimum absolute atomic E-state index is 0.0131. The van der Waals surface area contributed by atoms with Gasteiger partial charge in [0, 0.05) is 31.2 Å². The number of piperazine rings is 1. The van der Waals surface area contributed by atoms with Crippen LogP contribution in [0.15, 0.2) is 47.3 Å². The van der Waals surface area contributed by atoms with Gasteiger partial charge in [-0.2, -0.15) is 0 Å². The van der Waals surface area contributed by atoms with Gasteiger partial charge in [0.05, 0.1) is 16.5 Å². The molecule has 1 unspecified atom stereocenters. The average Bonchev–Trinajstić information content (AvgIpc) is 2.91. The third-order valence-electron chi connectivity index (χ3n) is 3.64. The summed E-state index contributed by atoms with van der Waals surface area (Å²) in [4.78, 5) is 8.01. The first kappa shape index (κ1) is 8.18. The molecular weight excluding hydrogens is 310 g/mol. The third kappa shape index (κ3) is 2.80. The van der Waals surface area contributed by atoms with Crippen molar-refractivity contribution in [2.75, 3.05) is 33.2 Å². The first-order chi connectivity index (χ1) is 14.5. The number of hydrogen-bond donors (Lipinski definition) is 0. The molecule has 0 aliphatic carbocycles. The van der Waals surface area contributed by atoms with Gasteiger partial charge in [-0.05, 0) is 37.3 Å². The lowest BCUT2D eigenvalue weighted by Crippen LogP contribution is -2.47. The smallest absolute Gasteiger partial charge is 0.153 e. The number of fused-ring (bicyclic) bond motifs is 2. The van der Waals surface area contributed by atoms with E-state index < -0.39 is 42.8 Å². The number of rotatable bonds is 0. The largest absolute Gasteiger partial charge is 0.454 e. The van der Waals surface area contributed by atoms with Crippen LogP contribution in [0.25, 0.3) is 0 Å². The molecule has 2 aromatic carbocycles. The normalized spacial score (nSPS) is 25.7. The number of likely N-dealkylation sites (N-methyl/N-ethyl adjacent to an activating group) is 1. The number of hydrogen-bond acceptors (Lipinski definition) is 4. The van der Waals surface area contributed by atoms with E-state index >= 15 is 0 Å². The fraction of sp³-hybridized carbons (Fsp3) is 0.278. The maximum atomic E-state index is 8.52. The van der Waals surface area contributed by atoms with Gasteiger partial charge in [0.1, 0.15) is 17.3 Å². The maximum Gasteiger partial charge on any atom is 0.153 e. The molecule has 1 fully saturated rings. The molecule has 4 nitrogen and oxygen atoms in total. The summed E-state index contributed by atoms with van der Waals surface area (Å²) >= 11 is 6.15. The summed E-state index contributed by atoms with van der Waals surface area (Å²) in [6, 6.07) is -3.13. The van der Waals surface area contributed by atoms with Crippen LogP contribution in [0.3, 0.4) is 0 Å². The van der Waals surface area contributed by atoms with Crippen molar-refractivity contribution < 1.29 is 15.7 Å². The van der Waals surface area contributed by atoms with Gasteiger partial charge < -0.3 is 14.5 Å². The Morgan fingerprint density at radius 3 is 2.91 bits per heavy atom. The summed E-state index contributed by atoms with van der Waals surface area (Å²) in [5.41, 5.74) is -0.203. The van der Waals surface area contributed by atoms with Crippen LogP contribution in [0, 0.1) is 0 Å². The first-order valence-corrected chi connectivity index (χ1v) is 7.46. The number of para-hydroxylation sites is 2. The highest BCUT2D eigenvalue weighted by molar-refractivity contribution is 6.31. The van der Waals surface area contributed by atoms with Crippen molar-refractivity contribution in [1.82, 2.24) is 9.80 Å². The molecule has 4 rings (SSSR count). The van der Waals surface area contributed by atoms with Crippen LogP contribution in [0.2, 0.25) is 5.02 Å². The number of nitrogens with zero attached hydrogens (tertiary/aromatic N) is 3. The van der Waals surface area contributed by atoms with E-state index in [1.165, 1.54) is 0 Å². The zero-order chi connectivity index (χ0) is 22.8. The fourth-order valence-corrected chi connectivity index (χ4v) is 2.56. The lowest BCUT2D eigenvalue weighted by molar-refractivity contribution is 0.215. The Bertz CT molecular complexity index is 1140. The van der Waals surface area contributed by atoms with Crippen molar-refractivity contribution in [3.8, 4) is 11.5 Å². The molecule has 0 saturated carbocycles. The highest BCUT2D eigenvalue weighted by Crippen LogP contribution is 2.38. The van der Waals surface area contributed by atoms with E-state index in [4.69, 9.17) is 27.3 Å². The Kier molecular flexibility index (Phi) is 2.09. The monoisotopic (exact) mass is 335 g/mol. The average molecular weight is 336 g/mol. The molecule has 1 saturated heterocycles. The van der Waals surface area contributed by atoms with Crippen LogP contribution in [-0.2, 0) is 0 Å². The van der Waals surface area contributed by atoms with Gasteiger partial charge in [-0.3, -0.25) is 0 Å². The summed E-state index contributed by atoms with van der Waals surface area (Å²) in [5.74, 6) is -0.479. The van der Waals surface area contributed by atoms with Crippen molar-refractivity contribution in [1.29, 1.82) is 0 Å². The molecular formula is C18H18ClN3O. The quantitative estimate of drug-likeness (QED) is 0.733. The van der Waals surface area contributed by atoms with E-state index in [0.717, 1.165) is 0 Å². The topological polar surface area (TPSA) is 28.1 Å². The van der Waals surface area contributed by atoms with E-state index in [0.29, 0.717) is 19.6 Å². The molecule has 2 heterocycles. The van der Waals surface area contributed by atoms with Crippen LogP contribution in [-0.4, -0.2) is 48.8 Å². The number of aliphatic imine (C=N–C) groups is 1. The molecule has 0 amide bonds. The second kappa shape index (κ2) is 5.87. The van der Waals surface area contributed by atoms with Gasteiger partial charge in [0.25, 0.3) is 0 Å². The van der Waals surface area contributed by atoms with Gasteiger partial charge in [0.2, 0.25) is 0 Å². The van der Waals surface area contributed by atoms with Crippen LogP contribution < -0.4 is 4.74 Å². The summed E-state index contributed by atoms with van der Waals surface area (Å²) in [7, 11) is 1.87. The molecule has 23 heavy (non-hydrogen) atoms. The van der Waals surface area contributed by atoms with Crippen LogP contribution in [0.1, 0.15) is 16.5 Å². The minimum atomic E-state index is -0.787. The highest BCUT2D eigenvalue weighted by atomic mass is 35.5. The SMILES string of the molecule is [2H]c1c([2H])c([2H])c2c(c1[2H])N=C(N1CCN(C)CC1[2H])c1c([2H])c(Cl)c([2H])c([2H])c1O2. The van der Waals surface area contributed by atoms with E-state index in [-0.39, 0.29) is 39.7 Å². The predicted octanol–water partition coefficient (Wildman–Crippen LogP) is 3.77. The van der Waals surface area contributed by atoms with Gasteiger partial charge in [-0.25, -0.2) is 4.99 Å². The minimum Gasteiger partial charge on any atom is -0.454 e. The highest BCUT2D eigenvalue weighted by Gasteiger charge is 2.25. The van der Waals surface area contributed by atoms with E-state index in [2.05, 4.69) is 4.99 Å². The first-order valence-electron chi connectivity index (χ1n) is 11.2. The molecule has 2 aliphatic rings. The van der Waals surface area contributed by atoms with Crippen LogP contribution in [0.4, 0.5) is 5.69 Å². The van der Waals surface area contributed by atoms with Gasteiger partial charge in [-0.15, -0.1) is 0 Å². The summed E-state index contributed by atoms with van der Waals surface area (Å²) in [6.07, 6.45) is 0. The van der Waals surface area contributed by atoms with Crippen LogP contribution >= 0.6 is 11.6 Å². The number of ether oxygens (including phenoxy) is 1. The third-order valence-corrected chi connectivity index (χ3v) is 3.82. The maximum absolute atomic E-state index is 8.52.